The maximum atomic E-state index is 13.9. The van der Waals surface area contributed by atoms with Gasteiger partial charge in [0.15, 0.2) is 16.7 Å². The van der Waals surface area contributed by atoms with Crippen LogP contribution < -0.4 is 15.4 Å². The third-order valence-electron chi connectivity index (χ3n) is 4.16. The van der Waals surface area contributed by atoms with Gasteiger partial charge in [-0.25, -0.2) is 8.78 Å². The van der Waals surface area contributed by atoms with E-state index in [4.69, 9.17) is 4.74 Å². The zero-order chi connectivity index (χ0) is 21.7. The molecule has 0 aliphatic carbocycles. The lowest BCUT2D eigenvalue weighted by molar-refractivity contribution is -0.123. The van der Waals surface area contributed by atoms with Gasteiger partial charge >= 0.3 is 0 Å². The van der Waals surface area contributed by atoms with E-state index in [0.717, 1.165) is 11.8 Å². The molecular weight excluding hydrogens is 414 g/mol. The summed E-state index contributed by atoms with van der Waals surface area (Å²) in [6.07, 6.45) is -0.0869. The first-order chi connectivity index (χ1) is 14.4. The van der Waals surface area contributed by atoms with E-state index >= 15 is 0 Å². The number of benzene rings is 2. The van der Waals surface area contributed by atoms with Crippen LogP contribution >= 0.6 is 11.8 Å². The number of nitrogens with one attached hydrogen (secondary N) is 2. The number of rotatable bonds is 5. The Labute approximate surface area is 175 Å². The average molecular weight is 432 g/mol. The largest absolute Gasteiger partial charge is 0.494 e. The number of para-hydroxylation sites is 1. The molecule has 0 spiro atoms. The van der Waals surface area contributed by atoms with Gasteiger partial charge in [-0.2, -0.15) is 5.10 Å². The number of carbonyl (C=O) groups excluding carboxylic acids is 2. The van der Waals surface area contributed by atoms with Gasteiger partial charge in [0.25, 0.3) is 0 Å². The summed E-state index contributed by atoms with van der Waals surface area (Å²) in [6, 6.07) is 10.1. The molecule has 1 heterocycles. The maximum Gasteiger partial charge on any atom is 0.238 e. The Kier molecular flexibility index (Phi) is 6.78. The summed E-state index contributed by atoms with van der Waals surface area (Å²) < 4.78 is 32.5. The van der Waals surface area contributed by atoms with Crippen LogP contribution in [0.15, 0.2) is 52.7 Å². The predicted octanol–water partition coefficient (Wildman–Crippen LogP) is 3.31. The number of hydrogen-bond donors (Lipinski definition) is 2. The third-order valence-corrected chi connectivity index (χ3v) is 5.23. The number of methoxy groups -OCH3 is 1. The fourth-order valence-corrected chi connectivity index (χ4v) is 3.52. The van der Waals surface area contributed by atoms with Crippen LogP contribution in [0.4, 0.5) is 14.5 Å². The summed E-state index contributed by atoms with van der Waals surface area (Å²) in [5.74, 6) is -1.94. The van der Waals surface area contributed by atoms with Crippen molar-refractivity contribution in [2.24, 2.45) is 10.2 Å². The van der Waals surface area contributed by atoms with Gasteiger partial charge in [0.05, 0.1) is 18.5 Å². The van der Waals surface area contributed by atoms with Crippen LogP contribution in [0, 0.1) is 11.6 Å². The second-order valence-corrected chi connectivity index (χ2v) is 7.46. The fraction of sp³-hybridized carbons (Fsp3) is 0.200. The molecule has 1 aliphatic heterocycles. The molecule has 0 radical (unpaired) electrons. The zero-order valence-corrected chi connectivity index (χ0v) is 16.9. The summed E-state index contributed by atoms with van der Waals surface area (Å²) >= 11 is 0.997. The molecular formula is C20H18F2N4O3S. The number of carbonyl (C=O) groups is 2. The van der Waals surface area contributed by atoms with E-state index in [1.807, 2.05) is 0 Å². The van der Waals surface area contributed by atoms with Crippen molar-refractivity contribution in [2.45, 2.75) is 18.6 Å². The number of thioether (sulfide) groups is 1. The van der Waals surface area contributed by atoms with Gasteiger partial charge in [-0.05, 0) is 37.3 Å². The highest BCUT2D eigenvalue weighted by Crippen LogP contribution is 2.24. The number of nitrogens with zero attached hydrogens (tertiary/aromatic N) is 2. The van der Waals surface area contributed by atoms with Gasteiger partial charge in [-0.15, -0.1) is 5.10 Å². The van der Waals surface area contributed by atoms with Gasteiger partial charge in [0, 0.05) is 12.0 Å². The Bertz CT molecular complexity index is 1040. The van der Waals surface area contributed by atoms with Crippen molar-refractivity contribution in [1.29, 1.82) is 0 Å². The number of amidine groups is 1. The summed E-state index contributed by atoms with van der Waals surface area (Å²) in [6.45, 7) is 1.63. The van der Waals surface area contributed by atoms with Crippen molar-refractivity contribution in [3.05, 3.63) is 59.7 Å². The predicted molar refractivity (Wildman–Crippen MR) is 112 cm³/mol. The van der Waals surface area contributed by atoms with Crippen molar-refractivity contribution in [3.63, 3.8) is 0 Å². The quantitative estimate of drug-likeness (QED) is 0.560. The van der Waals surface area contributed by atoms with Crippen LogP contribution in [-0.4, -0.2) is 35.1 Å². The molecule has 1 fully saturated rings. The van der Waals surface area contributed by atoms with Crippen molar-refractivity contribution < 1.29 is 23.1 Å². The molecule has 2 N–H and O–H groups in total. The van der Waals surface area contributed by atoms with Crippen LogP contribution in [0.1, 0.15) is 18.9 Å². The average Bonchev–Trinajstić information content (AvgIpc) is 2.73. The molecule has 10 heteroatoms. The van der Waals surface area contributed by atoms with Crippen LogP contribution in [0.5, 0.6) is 5.75 Å². The molecule has 2 aromatic carbocycles. The highest BCUT2D eigenvalue weighted by molar-refractivity contribution is 8.15. The highest BCUT2D eigenvalue weighted by atomic mass is 32.2. The number of halogens is 2. The topological polar surface area (TPSA) is 92.2 Å². The molecule has 1 atom stereocenters. The maximum absolute atomic E-state index is 13.9. The van der Waals surface area contributed by atoms with E-state index in [1.165, 1.54) is 37.4 Å². The van der Waals surface area contributed by atoms with E-state index in [0.29, 0.717) is 11.3 Å². The standard InChI is InChI=1S/C20H18F2N4O3S/c1-11(12-7-8-16(29-2)14(22)9-12)25-26-20-24-18(27)10-17(30-20)19(28)23-15-6-4-3-5-13(15)21/h3-9,17H,10H2,1-2H3,(H,23,28)(H,24,26,27)/b25-11+. The lowest BCUT2D eigenvalue weighted by Crippen LogP contribution is -2.42. The first-order valence-corrected chi connectivity index (χ1v) is 9.73. The fourth-order valence-electron chi connectivity index (χ4n) is 2.58. The SMILES string of the molecule is COc1ccc(/C(C)=N/N=C2\NC(=O)CC(C(=O)Nc3ccccc3F)S2)cc1F. The van der Waals surface area contributed by atoms with Gasteiger partial charge in [0.2, 0.25) is 11.8 Å². The molecule has 2 aromatic rings. The summed E-state index contributed by atoms with van der Waals surface area (Å²) in [7, 11) is 1.37. The molecule has 1 unspecified atom stereocenters. The molecule has 156 valence electrons. The normalized spacial score (nSPS) is 18.1. The number of ether oxygens (including phenoxy) is 1. The Balaban J connectivity index is 1.72. The molecule has 1 saturated heterocycles. The van der Waals surface area contributed by atoms with E-state index in [1.54, 1.807) is 19.1 Å². The first-order valence-electron chi connectivity index (χ1n) is 8.85. The molecule has 3 rings (SSSR count). The van der Waals surface area contributed by atoms with Gasteiger partial charge < -0.3 is 15.4 Å². The first kappa shape index (κ1) is 21.4. The monoisotopic (exact) mass is 432 g/mol. The molecule has 0 saturated carbocycles. The lowest BCUT2D eigenvalue weighted by Gasteiger charge is -2.21. The Morgan fingerprint density at radius 3 is 2.70 bits per heavy atom. The van der Waals surface area contributed by atoms with E-state index in [-0.39, 0.29) is 23.0 Å². The van der Waals surface area contributed by atoms with Crippen molar-refractivity contribution >= 4 is 40.1 Å². The molecule has 2 amide bonds. The molecule has 0 bridgehead atoms. The van der Waals surface area contributed by atoms with Crippen LogP contribution in [0.3, 0.4) is 0 Å². The van der Waals surface area contributed by atoms with Gasteiger partial charge in [0.1, 0.15) is 11.1 Å². The van der Waals surface area contributed by atoms with Crippen molar-refractivity contribution in [3.8, 4) is 5.75 Å². The lowest BCUT2D eigenvalue weighted by atomic mass is 10.1. The molecule has 30 heavy (non-hydrogen) atoms. The van der Waals surface area contributed by atoms with Crippen LogP contribution in [-0.2, 0) is 9.59 Å². The van der Waals surface area contributed by atoms with Crippen molar-refractivity contribution in [1.82, 2.24) is 5.32 Å². The van der Waals surface area contributed by atoms with E-state index in [2.05, 4.69) is 20.8 Å². The minimum atomic E-state index is -0.800. The van der Waals surface area contributed by atoms with E-state index in [9.17, 15) is 18.4 Å². The number of amides is 2. The number of hydrogen-bond acceptors (Lipinski definition) is 6. The van der Waals surface area contributed by atoms with Gasteiger partial charge in [-0.1, -0.05) is 23.9 Å². The zero-order valence-electron chi connectivity index (χ0n) is 16.1. The van der Waals surface area contributed by atoms with Crippen molar-refractivity contribution in [2.75, 3.05) is 12.4 Å². The Morgan fingerprint density at radius 1 is 1.23 bits per heavy atom. The van der Waals surface area contributed by atoms with E-state index < -0.39 is 28.7 Å². The third kappa shape index (κ3) is 5.20. The van der Waals surface area contributed by atoms with Gasteiger partial charge in [-0.3, -0.25) is 9.59 Å². The summed E-state index contributed by atoms with van der Waals surface area (Å²) in [4.78, 5) is 24.4. The summed E-state index contributed by atoms with van der Waals surface area (Å²) in [5.41, 5.74) is 0.915. The molecule has 1 aliphatic rings. The second-order valence-electron chi connectivity index (χ2n) is 6.27. The van der Waals surface area contributed by atoms with Crippen LogP contribution in [0.25, 0.3) is 0 Å². The molecule has 7 nitrogen and oxygen atoms in total. The minimum Gasteiger partial charge on any atom is -0.494 e. The Hall–Kier alpha value is -3.27. The Morgan fingerprint density at radius 2 is 2.00 bits per heavy atom. The minimum absolute atomic E-state index is 0.0305. The number of anilines is 1. The molecule has 0 aromatic heterocycles. The summed E-state index contributed by atoms with van der Waals surface area (Å²) in [5, 5.41) is 12.3. The highest BCUT2D eigenvalue weighted by Gasteiger charge is 2.30. The smallest absolute Gasteiger partial charge is 0.238 e. The van der Waals surface area contributed by atoms with Crippen LogP contribution in [0.2, 0.25) is 0 Å². The second kappa shape index (κ2) is 9.49.